The Hall–Kier alpha value is -2.43. The molecule has 0 aliphatic heterocycles. The fourth-order valence-corrected chi connectivity index (χ4v) is 8.85. The van der Waals surface area contributed by atoms with Gasteiger partial charge in [0.1, 0.15) is 24.4 Å². The second-order valence-corrected chi connectivity index (χ2v) is 20.6. The topological polar surface area (TPSA) is 162 Å². The molecule has 2 aromatic carbocycles. The summed E-state index contributed by atoms with van der Waals surface area (Å²) in [7, 11) is -7.38. The number of alkyl halides is 6. The minimum atomic E-state index is -3.69. The molecule has 0 bridgehead atoms. The van der Waals surface area contributed by atoms with Crippen molar-refractivity contribution in [1.82, 2.24) is 10.6 Å². The molecule has 0 spiro atoms. The first-order valence-electron chi connectivity index (χ1n) is 18.2. The van der Waals surface area contributed by atoms with Crippen LogP contribution in [-0.2, 0) is 38.7 Å². The fraction of sp³-hybridized carbons (Fsp3) is 0.595. The van der Waals surface area contributed by atoms with Crippen molar-refractivity contribution < 1.29 is 49.5 Å². The third kappa shape index (κ3) is 12.8. The van der Waals surface area contributed by atoms with E-state index in [-0.39, 0.29) is 20.9 Å². The van der Waals surface area contributed by atoms with Crippen LogP contribution in [0.1, 0.15) is 87.5 Å². The third-order valence-electron chi connectivity index (χ3n) is 10.3. The maximum absolute atomic E-state index is 16.8. The minimum absolute atomic E-state index is 0.0513. The molecular formula is C37H46Cl4F2N2O9S2. The number of nitrogens with one attached hydrogen (secondary N) is 2. The van der Waals surface area contributed by atoms with Crippen LogP contribution in [-0.4, -0.2) is 81.4 Å². The maximum Gasteiger partial charge on any atom is 0.509 e. The molecular weight excluding hydrogens is 860 g/mol. The van der Waals surface area contributed by atoms with Crippen molar-refractivity contribution in [2.75, 3.05) is 12.5 Å². The van der Waals surface area contributed by atoms with Gasteiger partial charge in [0, 0.05) is 12.5 Å². The zero-order valence-corrected chi connectivity index (χ0v) is 35.4. The second kappa shape index (κ2) is 20.5. The van der Waals surface area contributed by atoms with Crippen molar-refractivity contribution in [2.24, 2.45) is 11.8 Å². The van der Waals surface area contributed by atoms with Gasteiger partial charge < -0.3 is 20.1 Å². The van der Waals surface area contributed by atoms with Gasteiger partial charge in [-0.15, -0.1) is 0 Å². The number of hydrogen-bond donors (Lipinski definition) is 2. The monoisotopic (exact) mass is 904 g/mol. The van der Waals surface area contributed by atoms with Crippen LogP contribution in [0.3, 0.4) is 0 Å². The molecule has 2 N–H and O–H groups in total. The molecule has 11 nitrogen and oxygen atoms in total. The summed E-state index contributed by atoms with van der Waals surface area (Å²) in [4.78, 5) is 36.5. The van der Waals surface area contributed by atoms with Crippen LogP contribution in [0, 0.1) is 11.8 Å². The summed E-state index contributed by atoms with van der Waals surface area (Å²) in [6.07, 6.45) is -0.199. The normalized spacial score (nSPS) is 19.3. The number of benzene rings is 2. The highest BCUT2D eigenvalue weighted by Gasteiger charge is 2.44. The summed E-state index contributed by atoms with van der Waals surface area (Å²) in [5, 5.41) is 4.92. The molecule has 312 valence electrons. The molecule has 19 heteroatoms. The Bertz CT molecular complexity index is 1730. The lowest BCUT2D eigenvalue weighted by Crippen LogP contribution is -2.52. The molecule has 2 fully saturated rings. The SMILES string of the molecule is CS(=O)(=O)c1ccc([C@@H](OC(=O)O[C@H](c2ccc(S(C)(=O)=O)cc2)[C@H](NC(=O)C(Cl)Cl)C(F)C2CCCCC2)[C@H](NC(=O)C(Cl)Cl)C(F)C2CCCCC2)cc1. The third-order valence-corrected chi connectivity index (χ3v) is 13.3. The van der Waals surface area contributed by atoms with Gasteiger partial charge in [0.25, 0.3) is 11.8 Å². The number of hydrogen-bond acceptors (Lipinski definition) is 9. The smallest absolute Gasteiger partial charge is 0.424 e. The molecule has 0 saturated heterocycles. The molecule has 2 aromatic rings. The van der Waals surface area contributed by atoms with E-state index in [9.17, 15) is 31.2 Å². The van der Waals surface area contributed by atoms with E-state index >= 15 is 8.78 Å². The highest BCUT2D eigenvalue weighted by Crippen LogP contribution is 2.38. The lowest BCUT2D eigenvalue weighted by atomic mass is 9.81. The number of amides is 2. The first kappa shape index (κ1) is 46.3. The highest BCUT2D eigenvalue weighted by molar-refractivity contribution is 7.91. The fourth-order valence-electron chi connectivity index (χ4n) is 7.33. The summed E-state index contributed by atoms with van der Waals surface area (Å²) >= 11 is 23.5. The second-order valence-electron chi connectivity index (χ2n) is 14.4. The average molecular weight is 907 g/mol. The number of carbonyl (C=O) groups excluding carboxylic acids is 3. The highest BCUT2D eigenvalue weighted by atomic mass is 35.5. The number of carbonyl (C=O) groups is 3. The predicted octanol–water partition coefficient (Wildman–Crippen LogP) is 7.84. The summed E-state index contributed by atoms with van der Waals surface area (Å²) in [6.45, 7) is 0. The Labute approximate surface area is 346 Å². The predicted molar refractivity (Wildman–Crippen MR) is 210 cm³/mol. The summed E-state index contributed by atoms with van der Waals surface area (Å²) in [6, 6.07) is 6.75. The van der Waals surface area contributed by atoms with Gasteiger partial charge in [0.15, 0.2) is 41.6 Å². The number of rotatable bonds is 16. The van der Waals surface area contributed by atoms with Gasteiger partial charge in [-0.3, -0.25) is 9.59 Å². The molecule has 56 heavy (non-hydrogen) atoms. The average Bonchev–Trinajstić information content (AvgIpc) is 3.16. The van der Waals surface area contributed by atoms with Gasteiger partial charge in [-0.05, 0) is 72.9 Å². The van der Waals surface area contributed by atoms with Crippen LogP contribution in [0.15, 0.2) is 58.3 Å². The summed E-state index contributed by atoms with van der Waals surface area (Å²) < 4.78 is 94.3. The van der Waals surface area contributed by atoms with Crippen molar-refractivity contribution in [1.29, 1.82) is 0 Å². The number of halogens is 6. The van der Waals surface area contributed by atoms with E-state index in [0.717, 1.165) is 25.4 Å². The quantitative estimate of drug-likeness (QED) is 0.126. The minimum Gasteiger partial charge on any atom is -0.424 e. The Morgan fingerprint density at radius 2 is 0.893 bits per heavy atom. The van der Waals surface area contributed by atoms with E-state index in [4.69, 9.17) is 55.9 Å². The summed E-state index contributed by atoms with van der Waals surface area (Å²) in [5.41, 5.74) is 0.103. The van der Waals surface area contributed by atoms with Crippen molar-refractivity contribution in [3.63, 3.8) is 0 Å². The molecule has 0 radical (unpaired) electrons. The molecule has 4 rings (SSSR count). The van der Waals surface area contributed by atoms with E-state index in [2.05, 4.69) is 10.6 Å². The van der Waals surface area contributed by atoms with Crippen LogP contribution in [0.4, 0.5) is 13.6 Å². The summed E-state index contributed by atoms with van der Waals surface area (Å²) in [5.74, 6) is -3.17. The Morgan fingerprint density at radius 3 is 1.16 bits per heavy atom. The van der Waals surface area contributed by atoms with Crippen LogP contribution in [0.25, 0.3) is 0 Å². The van der Waals surface area contributed by atoms with E-state index in [0.29, 0.717) is 51.4 Å². The van der Waals surface area contributed by atoms with E-state index in [1.807, 2.05) is 0 Å². The molecule has 2 aliphatic rings. The zero-order chi connectivity index (χ0) is 41.4. The lowest BCUT2D eigenvalue weighted by molar-refractivity contribution is -0.123. The van der Waals surface area contributed by atoms with Crippen LogP contribution < -0.4 is 10.6 Å². The molecule has 2 amide bonds. The largest absolute Gasteiger partial charge is 0.509 e. The van der Waals surface area contributed by atoms with Gasteiger partial charge in [-0.2, -0.15) is 0 Å². The number of ether oxygens (including phenoxy) is 2. The van der Waals surface area contributed by atoms with Crippen molar-refractivity contribution >= 4 is 84.0 Å². The van der Waals surface area contributed by atoms with Crippen molar-refractivity contribution in [3.05, 3.63) is 59.7 Å². The standard InChI is InChI=1S/C37H46Cl4F2N2O9S2/c1-55(49,50)25-17-13-23(14-18-25)31(29(44-35(46)33(38)39)27(42)21-9-5-3-6-10-21)53-37(48)54-32(24-15-19-26(20-16-24)56(2,51)52)30(45-36(47)34(40)41)28(43)22-11-7-4-8-12-22/h13-22,27-34H,3-12H2,1-2H3,(H,44,46)(H,45,47)/t27?,28?,29-,30-,31-,32-/m1/s1. The molecule has 2 unspecified atom stereocenters. The van der Waals surface area contributed by atoms with Gasteiger partial charge in [-0.25, -0.2) is 30.4 Å². The Morgan fingerprint density at radius 1 is 0.589 bits per heavy atom. The van der Waals surface area contributed by atoms with Crippen LogP contribution in [0.2, 0.25) is 0 Å². The Balaban J connectivity index is 1.82. The van der Waals surface area contributed by atoms with Crippen LogP contribution >= 0.6 is 46.4 Å². The van der Waals surface area contributed by atoms with Crippen LogP contribution in [0.5, 0.6) is 0 Å². The van der Waals surface area contributed by atoms with Crippen molar-refractivity contribution in [2.45, 2.75) is 120 Å². The maximum atomic E-state index is 16.8. The molecule has 0 aromatic heterocycles. The first-order valence-corrected chi connectivity index (χ1v) is 23.7. The zero-order valence-electron chi connectivity index (χ0n) is 30.7. The van der Waals surface area contributed by atoms with Gasteiger partial charge in [0.05, 0.1) is 9.79 Å². The van der Waals surface area contributed by atoms with Gasteiger partial charge >= 0.3 is 6.16 Å². The lowest BCUT2D eigenvalue weighted by Gasteiger charge is -2.37. The molecule has 0 heterocycles. The van der Waals surface area contributed by atoms with Gasteiger partial charge in [0.2, 0.25) is 0 Å². The molecule has 6 atom stereocenters. The first-order chi connectivity index (χ1) is 26.3. The van der Waals surface area contributed by atoms with E-state index < -0.39 is 95.8 Å². The number of sulfone groups is 2. The van der Waals surface area contributed by atoms with Gasteiger partial charge in [-0.1, -0.05) is 109 Å². The Kier molecular flexibility index (Phi) is 16.9. The van der Waals surface area contributed by atoms with Crippen molar-refractivity contribution in [3.8, 4) is 0 Å². The van der Waals surface area contributed by atoms with E-state index in [1.54, 1.807) is 0 Å². The van der Waals surface area contributed by atoms with E-state index in [1.165, 1.54) is 48.5 Å². The molecule has 2 saturated carbocycles. The molecule has 2 aliphatic carbocycles.